The summed E-state index contributed by atoms with van der Waals surface area (Å²) in [5, 5.41) is -0.0156. The summed E-state index contributed by atoms with van der Waals surface area (Å²) in [7, 11) is -2.14. The van der Waals surface area contributed by atoms with Gasteiger partial charge in [-0.2, -0.15) is 0 Å². The number of hydrogen-bond acceptors (Lipinski definition) is 6. The highest BCUT2D eigenvalue weighted by molar-refractivity contribution is 7.90. The van der Waals surface area contributed by atoms with Crippen LogP contribution in [0.4, 0.5) is 5.69 Å². The maximum Gasteiger partial charge on any atom is 0.264 e. The van der Waals surface area contributed by atoms with E-state index < -0.39 is 26.8 Å². The first-order valence-electron chi connectivity index (χ1n) is 16.0. The third-order valence-electron chi connectivity index (χ3n) is 10.3. The number of anilines is 1. The number of aryl methyl sites for hydroxylation is 1. The third kappa shape index (κ3) is 6.82. The minimum absolute atomic E-state index is 0.0874. The number of rotatable bonds is 5. The lowest BCUT2D eigenvalue weighted by Gasteiger charge is -2.48. The topological polar surface area (TPSA) is 84.9 Å². The first-order valence-corrected chi connectivity index (χ1v) is 18.0. The summed E-state index contributed by atoms with van der Waals surface area (Å²) in [6, 6.07) is 11.4. The number of fused-ring (bicyclic) bond motifs is 2. The number of nitrogens with one attached hydrogen (secondary N) is 1. The Kier molecular flexibility index (Phi) is 10.0. The maximum absolute atomic E-state index is 13.4. The molecule has 1 amide bonds. The molecule has 1 fully saturated rings. The molecule has 0 saturated heterocycles. The van der Waals surface area contributed by atoms with E-state index in [0.717, 1.165) is 49.4 Å². The molecule has 9 heteroatoms. The van der Waals surface area contributed by atoms with Gasteiger partial charge in [-0.05, 0) is 105 Å². The van der Waals surface area contributed by atoms with Gasteiger partial charge >= 0.3 is 0 Å². The number of carbonyl (C=O) groups excluding carboxylic acids is 1. The van der Waals surface area contributed by atoms with Gasteiger partial charge in [0.05, 0.1) is 23.1 Å². The Morgan fingerprint density at radius 1 is 1.14 bits per heavy atom. The molecule has 2 aromatic rings. The van der Waals surface area contributed by atoms with Crippen LogP contribution in [-0.2, 0) is 21.2 Å². The number of nitrogens with zero attached hydrogens (tertiary/aromatic N) is 1. The molecule has 0 unspecified atom stereocenters. The lowest BCUT2D eigenvalue weighted by Crippen LogP contribution is -2.49. The van der Waals surface area contributed by atoms with E-state index in [9.17, 15) is 13.2 Å². The largest absolute Gasteiger partial charge is 0.491 e. The standard InChI is InChI=1S/C35H47ClN2O5S/c1-6-7-10-25-18-29(36)13-14-30(25)28-21-38-20-27-11-15-31(27)35(4,42-5)17-8-9-23(2)24(3)44(40,41)37-34(39)26-12-16-33(43-22-28)32(38)19-26/h8,12-14,16-19,23-24,27-28,31H,6-7,9-11,15,20-22H2,1-5H3,(H,37,39)/b17-8+/t23-,24+,27-,28-,31+,35-/m0/s1. The number of amides is 1. The molecule has 0 radical (unpaired) electrons. The van der Waals surface area contributed by atoms with Gasteiger partial charge in [-0.3, -0.25) is 4.79 Å². The second kappa shape index (κ2) is 13.4. The molecule has 0 spiro atoms. The molecule has 3 aliphatic rings. The predicted molar refractivity (Wildman–Crippen MR) is 177 cm³/mol. The van der Waals surface area contributed by atoms with Crippen molar-refractivity contribution in [3.05, 3.63) is 70.3 Å². The molecule has 1 aliphatic carbocycles. The van der Waals surface area contributed by atoms with Crippen LogP contribution in [0.25, 0.3) is 0 Å². The SMILES string of the molecule is CCCCc1cc(Cl)ccc1[C@@H]1COc2ccc3cc2N(C1)C[C@@H]1CC[C@H]1[C@@](C)(OC)/C=C/C[C@H](C)[C@@H](C)S(=O)(=O)NC3=O. The van der Waals surface area contributed by atoms with Crippen molar-refractivity contribution < 1.29 is 22.7 Å². The normalized spacial score (nSPS) is 31.1. The number of ether oxygens (including phenoxy) is 2. The molecule has 2 heterocycles. The average Bonchev–Trinajstić information content (AvgIpc) is 3.16. The number of benzene rings is 2. The zero-order valence-electron chi connectivity index (χ0n) is 26.6. The van der Waals surface area contributed by atoms with Crippen LogP contribution in [0.5, 0.6) is 5.75 Å². The van der Waals surface area contributed by atoms with Gasteiger partial charge in [0, 0.05) is 36.7 Å². The van der Waals surface area contributed by atoms with E-state index in [1.807, 2.05) is 19.1 Å². The van der Waals surface area contributed by atoms with Crippen LogP contribution in [0.3, 0.4) is 0 Å². The van der Waals surface area contributed by atoms with E-state index >= 15 is 0 Å². The number of allylic oxidation sites excluding steroid dienone is 1. The second-order valence-corrected chi connectivity index (χ2v) is 15.6. The zero-order chi connectivity index (χ0) is 31.6. The van der Waals surface area contributed by atoms with Crippen LogP contribution < -0.4 is 14.4 Å². The van der Waals surface area contributed by atoms with Crippen LogP contribution >= 0.6 is 11.6 Å². The summed E-state index contributed by atoms with van der Waals surface area (Å²) in [5.74, 6) is 0.659. The van der Waals surface area contributed by atoms with Crippen LogP contribution in [0, 0.1) is 17.8 Å². The highest BCUT2D eigenvalue weighted by Crippen LogP contribution is 2.47. The molecule has 5 rings (SSSR count). The zero-order valence-corrected chi connectivity index (χ0v) is 28.2. The van der Waals surface area contributed by atoms with Crippen molar-refractivity contribution in [1.29, 1.82) is 0 Å². The van der Waals surface area contributed by atoms with E-state index in [0.29, 0.717) is 42.7 Å². The van der Waals surface area contributed by atoms with Crippen molar-refractivity contribution in [2.75, 3.05) is 31.7 Å². The molecular weight excluding hydrogens is 596 g/mol. The monoisotopic (exact) mass is 642 g/mol. The van der Waals surface area contributed by atoms with Gasteiger partial charge < -0.3 is 14.4 Å². The molecule has 7 nitrogen and oxygen atoms in total. The van der Waals surface area contributed by atoms with E-state index in [-0.39, 0.29) is 11.8 Å². The van der Waals surface area contributed by atoms with Crippen molar-refractivity contribution in [1.82, 2.24) is 4.72 Å². The van der Waals surface area contributed by atoms with E-state index in [1.54, 1.807) is 26.2 Å². The lowest BCUT2D eigenvalue weighted by molar-refractivity contribution is -0.0620. The Labute approximate surface area is 268 Å². The maximum atomic E-state index is 13.4. The van der Waals surface area contributed by atoms with Gasteiger partial charge in [-0.1, -0.05) is 50.1 Å². The van der Waals surface area contributed by atoms with E-state index in [2.05, 4.69) is 47.8 Å². The molecule has 6 atom stereocenters. The van der Waals surface area contributed by atoms with Gasteiger partial charge in [-0.25, -0.2) is 13.1 Å². The Bertz CT molecular complexity index is 1490. The van der Waals surface area contributed by atoms with E-state index in [1.165, 1.54) is 11.1 Å². The quantitative estimate of drug-likeness (QED) is 0.349. The van der Waals surface area contributed by atoms with E-state index in [4.69, 9.17) is 21.1 Å². The molecule has 2 aliphatic heterocycles. The molecule has 240 valence electrons. The number of sulfonamides is 1. The summed E-state index contributed by atoms with van der Waals surface area (Å²) in [5.41, 5.74) is 3.14. The van der Waals surface area contributed by atoms with Crippen molar-refractivity contribution >= 4 is 33.2 Å². The number of carbonyl (C=O) groups is 1. The molecule has 2 aromatic carbocycles. The van der Waals surface area contributed by atoms with Gasteiger partial charge in [0.1, 0.15) is 5.75 Å². The van der Waals surface area contributed by atoms with Gasteiger partial charge in [0.15, 0.2) is 0 Å². The first kappa shape index (κ1) is 32.8. The number of unbranched alkanes of at least 4 members (excludes halogenated alkanes) is 1. The van der Waals surface area contributed by atoms with Crippen LogP contribution in [-0.4, -0.2) is 52.0 Å². The highest BCUT2D eigenvalue weighted by Gasteiger charge is 2.45. The Hall–Kier alpha value is -2.55. The minimum Gasteiger partial charge on any atom is -0.491 e. The number of halogens is 1. The summed E-state index contributed by atoms with van der Waals surface area (Å²) < 4.78 is 41.5. The Morgan fingerprint density at radius 2 is 1.93 bits per heavy atom. The van der Waals surface area contributed by atoms with Crippen molar-refractivity contribution in [2.24, 2.45) is 17.8 Å². The molecular formula is C35H47ClN2O5S. The summed E-state index contributed by atoms with van der Waals surface area (Å²) in [4.78, 5) is 15.7. The lowest BCUT2D eigenvalue weighted by atomic mass is 9.64. The smallest absolute Gasteiger partial charge is 0.264 e. The van der Waals surface area contributed by atoms with Crippen molar-refractivity contribution in [3.8, 4) is 5.75 Å². The van der Waals surface area contributed by atoms with Gasteiger partial charge in [0.2, 0.25) is 10.0 Å². The summed E-state index contributed by atoms with van der Waals surface area (Å²) >= 11 is 6.45. The first-order chi connectivity index (χ1) is 21.0. The Balaban J connectivity index is 1.57. The summed E-state index contributed by atoms with van der Waals surface area (Å²) in [6.45, 7) is 9.87. The second-order valence-electron chi connectivity index (χ2n) is 13.2. The van der Waals surface area contributed by atoms with Crippen molar-refractivity contribution in [2.45, 2.75) is 83.0 Å². The Morgan fingerprint density at radius 3 is 2.64 bits per heavy atom. The van der Waals surface area contributed by atoms with Gasteiger partial charge in [-0.15, -0.1) is 0 Å². The fourth-order valence-electron chi connectivity index (χ4n) is 7.02. The number of hydrogen-bond donors (Lipinski definition) is 1. The van der Waals surface area contributed by atoms with Crippen LogP contribution in [0.1, 0.15) is 87.2 Å². The van der Waals surface area contributed by atoms with Crippen LogP contribution in [0.2, 0.25) is 5.02 Å². The fraction of sp³-hybridized carbons (Fsp3) is 0.571. The number of methoxy groups -OCH3 is 1. The van der Waals surface area contributed by atoms with Crippen molar-refractivity contribution in [3.63, 3.8) is 0 Å². The summed E-state index contributed by atoms with van der Waals surface area (Å²) in [6.07, 6.45) is 10.0. The average molecular weight is 643 g/mol. The molecule has 0 aromatic heterocycles. The molecule has 44 heavy (non-hydrogen) atoms. The predicted octanol–water partition coefficient (Wildman–Crippen LogP) is 7.14. The highest BCUT2D eigenvalue weighted by atomic mass is 35.5. The molecule has 1 saturated carbocycles. The minimum atomic E-state index is -3.90. The van der Waals surface area contributed by atoms with Gasteiger partial charge in [0.25, 0.3) is 5.91 Å². The molecule has 1 N–H and O–H groups in total. The van der Waals surface area contributed by atoms with Crippen LogP contribution in [0.15, 0.2) is 48.6 Å². The third-order valence-corrected chi connectivity index (χ3v) is 12.5. The fourth-order valence-corrected chi connectivity index (χ4v) is 8.50. The molecule has 2 bridgehead atoms.